The van der Waals surface area contributed by atoms with Crippen LogP contribution in [0.25, 0.3) is 0 Å². The summed E-state index contributed by atoms with van der Waals surface area (Å²) in [7, 11) is 0. The first-order valence-corrected chi connectivity index (χ1v) is 6.03. The summed E-state index contributed by atoms with van der Waals surface area (Å²) in [5.74, 6) is -1.19. The van der Waals surface area contributed by atoms with Crippen molar-refractivity contribution in [1.82, 2.24) is 5.32 Å². The Morgan fingerprint density at radius 2 is 2.32 bits per heavy atom. The highest BCUT2D eigenvalue weighted by Crippen LogP contribution is 2.26. The first-order chi connectivity index (χ1) is 9.08. The van der Waals surface area contributed by atoms with Crippen molar-refractivity contribution in [2.24, 2.45) is 5.92 Å². The van der Waals surface area contributed by atoms with Crippen LogP contribution in [-0.2, 0) is 4.79 Å². The number of nitro groups is 1. The number of amides is 1. The second kappa shape index (κ2) is 5.75. The largest absolute Gasteiger partial charge is 0.320 e. The summed E-state index contributed by atoms with van der Waals surface area (Å²) >= 11 is 0. The van der Waals surface area contributed by atoms with Gasteiger partial charge < -0.3 is 10.6 Å². The van der Waals surface area contributed by atoms with Crippen molar-refractivity contribution < 1.29 is 14.1 Å². The second-order valence-corrected chi connectivity index (χ2v) is 4.45. The maximum absolute atomic E-state index is 13.0. The van der Waals surface area contributed by atoms with Crippen LogP contribution in [0.3, 0.4) is 0 Å². The van der Waals surface area contributed by atoms with Crippen molar-refractivity contribution in [3.8, 4) is 0 Å². The molecule has 19 heavy (non-hydrogen) atoms. The molecule has 1 aromatic carbocycles. The standard InChI is InChI=1S/C12H14FN3O3/c13-9-3-4-10(11(6-9)16(18)19)15-12(17)8-2-1-5-14-7-8/h3-4,6,8,14H,1-2,5,7H2,(H,15,17)/t8-/m1/s1. The van der Waals surface area contributed by atoms with Gasteiger partial charge >= 0.3 is 0 Å². The topological polar surface area (TPSA) is 84.3 Å². The highest BCUT2D eigenvalue weighted by molar-refractivity contribution is 5.94. The highest BCUT2D eigenvalue weighted by atomic mass is 19.1. The molecule has 1 atom stereocenters. The Balaban J connectivity index is 2.13. The molecule has 0 unspecified atom stereocenters. The molecule has 6 nitrogen and oxygen atoms in total. The number of nitrogens with one attached hydrogen (secondary N) is 2. The van der Waals surface area contributed by atoms with E-state index in [9.17, 15) is 19.3 Å². The van der Waals surface area contributed by atoms with Crippen LogP contribution in [-0.4, -0.2) is 23.9 Å². The Hall–Kier alpha value is -2.02. The van der Waals surface area contributed by atoms with Crippen LogP contribution in [0.4, 0.5) is 15.8 Å². The molecule has 0 saturated carbocycles. The molecule has 0 aromatic heterocycles. The fraction of sp³-hybridized carbons (Fsp3) is 0.417. The van der Waals surface area contributed by atoms with Gasteiger partial charge in [-0.1, -0.05) is 0 Å². The highest BCUT2D eigenvalue weighted by Gasteiger charge is 2.23. The maximum Gasteiger partial charge on any atom is 0.295 e. The van der Waals surface area contributed by atoms with Gasteiger partial charge in [-0.3, -0.25) is 14.9 Å². The van der Waals surface area contributed by atoms with Gasteiger partial charge in [-0.15, -0.1) is 0 Å². The molecule has 1 saturated heterocycles. The third-order valence-corrected chi connectivity index (χ3v) is 3.08. The smallest absolute Gasteiger partial charge is 0.295 e. The number of nitro benzene ring substituents is 1. The van der Waals surface area contributed by atoms with E-state index in [4.69, 9.17) is 0 Å². The first-order valence-electron chi connectivity index (χ1n) is 6.03. The summed E-state index contributed by atoms with van der Waals surface area (Å²) in [4.78, 5) is 22.1. The van der Waals surface area contributed by atoms with Crippen molar-refractivity contribution in [3.05, 3.63) is 34.1 Å². The van der Waals surface area contributed by atoms with Crippen LogP contribution in [0.5, 0.6) is 0 Å². The van der Waals surface area contributed by atoms with Crippen molar-refractivity contribution >= 4 is 17.3 Å². The molecule has 0 spiro atoms. The van der Waals surface area contributed by atoms with Crippen molar-refractivity contribution in [2.75, 3.05) is 18.4 Å². The molecule has 1 aliphatic heterocycles. The lowest BCUT2D eigenvalue weighted by molar-refractivity contribution is -0.384. The molecule has 0 aliphatic carbocycles. The third kappa shape index (κ3) is 3.25. The van der Waals surface area contributed by atoms with Crippen LogP contribution in [0.15, 0.2) is 18.2 Å². The zero-order chi connectivity index (χ0) is 13.8. The van der Waals surface area contributed by atoms with E-state index in [1.807, 2.05) is 0 Å². The number of carbonyl (C=O) groups is 1. The minimum atomic E-state index is -0.711. The number of halogens is 1. The van der Waals surface area contributed by atoms with E-state index < -0.39 is 16.4 Å². The van der Waals surface area contributed by atoms with E-state index >= 15 is 0 Å². The van der Waals surface area contributed by atoms with Gasteiger partial charge in [-0.2, -0.15) is 0 Å². The molecule has 7 heteroatoms. The van der Waals surface area contributed by atoms with Gasteiger partial charge in [0.15, 0.2) is 0 Å². The average Bonchev–Trinajstić information content (AvgIpc) is 2.41. The molecular formula is C12H14FN3O3. The number of nitrogens with zero attached hydrogens (tertiary/aromatic N) is 1. The van der Waals surface area contributed by atoms with Gasteiger partial charge in [0.05, 0.1) is 16.9 Å². The van der Waals surface area contributed by atoms with Crippen LogP contribution >= 0.6 is 0 Å². The van der Waals surface area contributed by atoms with Crippen LogP contribution in [0.2, 0.25) is 0 Å². The third-order valence-electron chi connectivity index (χ3n) is 3.08. The Bertz CT molecular complexity index is 501. The van der Waals surface area contributed by atoms with E-state index in [1.165, 1.54) is 6.07 Å². The number of benzene rings is 1. The van der Waals surface area contributed by atoms with Crippen LogP contribution in [0, 0.1) is 21.8 Å². The minimum Gasteiger partial charge on any atom is -0.320 e. The number of rotatable bonds is 3. The summed E-state index contributed by atoms with van der Waals surface area (Å²) in [6.45, 7) is 1.43. The molecular weight excluding hydrogens is 253 g/mol. The van der Waals surface area contributed by atoms with Crippen molar-refractivity contribution in [3.63, 3.8) is 0 Å². The maximum atomic E-state index is 13.0. The van der Waals surface area contributed by atoms with Gasteiger partial charge in [-0.25, -0.2) is 4.39 Å². The number of hydrogen-bond acceptors (Lipinski definition) is 4. The predicted molar refractivity (Wildman–Crippen MR) is 67.3 cm³/mol. The molecule has 1 aromatic rings. The quantitative estimate of drug-likeness (QED) is 0.644. The summed E-state index contributed by atoms with van der Waals surface area (Å²) in [5, 5.41) is 16.4. The molecule has 2 N–H and O–H groups in total. The van der Waals surface area contributed by atoms with E-state index in [0.717, 1.165) is 31.5 Å². The van der Waals surface area contributed by atoms with E-state index in [2.05, 4.69) is 10.6 Å². The lowest BCUT2D eigenvalue weighted by atomic mass is 9.99. The Morgan fingerprint density at radius 3 is 2.95 bits per heavy atom. The van der Waals surface area contributed by atoms with Gasteiger partial charge in [0.1, 0.15) is 11.5 Å². The number of hydrogen-bond donors (Lipinski definition) is 2. The molecule has 102 valence electrons. The fourth-order valence-electron chi connectivity index (χ4n) is 2.07. The number of carbonyl (C=O) groups excluding carboxylic acids is 1. The van der Waals surface area contributed by atoms with Crippen LogP contribution < -0.4 is 10.6 Å². The number of anilines is 1. The SMILES string of the molecule is O=C(Nc1ccc(F)cc1[N+](=O)[O-])[C@@H]1CCCNC1. The fourth-order valence-corrected chi connectivity index (χ4v) is 2.07. The molecule has 0 bridgehead atoms. The molecule has 1 fully saturated rings. The Kier molecular flexibility index (Phi) is 4.06. The minimum absolute atomic E-state index is 0.0296. The second-order valence-electron chi connectivity index (χ2n) is 4.45. The van der Waals surface area contributed by atoms with E-state index in [-0.39, 0.29) is 17.5 Å². The Labute approximate surface area is 109 Å². The van der Waals surface area contributed by atoms with Gasteiger partial charge in [0, 0.05) is 6.54 Å². The van der Waals surface area contributed by atoms with E-state index in [0.29, 0.717) is 6.54 Å². The van der Waals surface area contributed by atoms with Crippen molar-refractivity contribution in [2.45, 2.75) is 12.8 Å². The Morgan fingerprint density at radius 1 is 1.53 bits per heavy atom. The zero-order valence-corrected chi connectivity index (χ0v) is 10.2. The number of piperidine rings is 1. The summed E-state index contributed by atoms with van der Waals surface area (Å²) in [6, 6.07) is 3.10. The lowest BCUT2D eigenvalue weighted by Gasteiger charge is -2.21. The van der Waals surface area contributed by atoms with Gasteiger partial charge in [0.2, 0.25) is 5.91 Å². The monoisotopic (exact) mass is 267 g/mol. The molecule has 1 heterocycles. The van der Waals surface area contributed by atoms with Crippen LogP contribution in [0.1, 0.15) is 12.8 Å². The van der Waals surface area contributed by atoms with Gasteiger partial charge in [0.25, 0.3) is 5.69 Å². The summed E-state index contributed by atoms with van der Waals surface area (Å²) in [5.41, 5.74) is -0.404. The average molecular weight is 267 g/mol. The summed E-state index contributed by atoms with van der Waals surface area (Å²) < 4.78 is 13.0. The normalized spacial score (nSPS) is 18.9. The van der Waals surface area contributed by atoms with E-state index in [1.54, 1.807) is 0 Å². The predicted octanol–water partition coefficient (Wildman–Crippen LogP) is 1.67. The molecule has 1 amide bonds. The summed E-state index contributed by atoms with van der Waals surface area (Å²) in [6.07, 6.45) is 1.64. The first kappa shape index (κ1) is 13.4. The molecule has 0 radical (unpaired) electrons. The van der Waals surface area contributed by atoms with Gasteiger partial charge in [-0.05, 0) is 31.5 Å². The molecule has 1 aliphatic rings. The zero-order valence-electron chi connectivity index (χ0n) is 10.2. The van der Waals surface area contributed by atoms with Crippen molar-refractivity contribution in [1.29, 1.82) is 0 Å². The lowest BCUT2D eigenvalue weighted by Crippen LogP contribution is -2.37. The molecule has 2 rings (SSSR count).